The highest BCUT2D eigenvalue weighted by Crippen LogP contribution is 2.32. The third-order valence-corrected chi connectivity index (χ3v) is 4.80. The average molecular weight is 410 g/mol. The van der Waals surface area contributed by atoms with Gasteiger partial charge in [-0.25, -0.2) is 0 Å². The number of aliphatic imine (C=N–C) groups is 1. The zero-order valence-corrected chi connectivity index (χ0v) is 15.7. The Hall–Kier alpha value is -2.67. The Morgan fingerprint density at radius 1 is 1.27 bits per heavy atom. The molecule has 0 amide bonds. The number of ketones is 1. The minimum Gasteiger partial charge on any atom is -0.300 e. The molecule has 0 radical (unpaired) electrons. The van der Waals surface area contributed by atoms with Crippen molar-refractivity contribution >= 4 is 27.4 Å². The Morgan fingerprint density at radius 3 is 2.92 bits per heavy atom. The number of carbonyl (C=O) groups is 1. The van der Waals surface area contributed by atoms with Crippen LogP contribution in [-0.4, -0.2) is 31.2 Å². The van der Waals surface area contributed by atoms with Gasteiger partial charge in [0.2, 0.25) is 0 Å². The number of nitrogens with zero attached hydrogens (tertiary/aromatic N) is 5. The van der Waals surface area contributed by atoms with Crippen molar-refractivity contribution in [2.45, 2.75) is 25.8 Å². The number of hydrogen-bond acceptors (Lipinski definition) is 5. The second kappa shape index (κ2) is 6.92. The van der Waals surface area contributed by atoms with Crippen LogP contribution in [0.1, 0.15) is 42.9 Å². The molecule has 4 rings (SSSR count). The van der Waals surface area contributed by atoms with Crippen molar-refractivity contribution in [3.05, 3.63) is 70.5 Å². The molecule has 0 saturated heterocycles. The van der Waals surface area contributed by atoms with E-state index in [-0.39, 0.29) is 11.8 Å². The monoisotopic (exact) mass is 409 g/mol. The summed E-state index contributed by atoms with van der Waals surface area (Å²) in [5.74, 6) is 0.871. The predicted octanol–water partition coefficient (Wildman–Crippen LogP) is 3.69. The van der Waals surface area contributed by atoms with Crippen LogP contribution in [0, 0.1) is 0 Å². The summed E-state index contributed by atoms with van der Waals surface area (Å²) in [6.07, 6.45) is 4.47. The predicted molar refractivity (Wildman–Crippen MR) is 102 cm³/mol. The van der Waals surface area contributed by atoms with Gasteiger partial charge >= 0.3 is 0 Å². The minimum absolute atomic E-state index is 0.134. The molecule has 130 valence electrons. The van der Waals surface area contributed by atoms with E-state index in [2.05, 4.69) is 31.1 Å². The Balaban J connectivity index is 1.94. The first-order valence-corrected chi connectivity index (χ1v) is 9.11. The zero-order chi connectivity index (χ0) is 18.1. The van der Waals surface area contributed by atoms with Gasteiger partial charge in [-0.15, -0.1) is 10.2 Å². The van der Waals surface area contributed by atoms with E-state index in [1.165, 1.54) is 0 Å². The normalized spacial score (nSPS) is 15.6. The summed E-state index contributed by atoms with van der Waals surface area (Å²) in [5, 5.41) is 8.36. The molecule has 3 heterocycles. The summed E-state index contributed by atoms with van der Waals surface area (Å²) in [5.41, 5.74) is 3.48. The molecule has 0 N–H and O–H groups in total. The van der Waals surface area contributed by atoms with Gasteiger partial charge in [-0.1, -0.05) is 22.0 Å². The maximum atomic E-state index is 11.5. The lowest BCUT2D eigenvalue weighted by atomic mass is 10.0. The molecule has 0 spiro atoms. The number of halogens is 1. The van der Waals surface area contributed by atoms with Crippen molar-refractivity contribution in [1.82, 2.24) is 19.7 Å². The van der Waals surface area contributed by atoms with Crippen molar-refractivity contribution in [1.29, 1.82) is 0 Å². The van der Waals surface area contributed by atoms with E-state index in [1.54, 1.807) is 19.4 Å². The maximum Gasteiger partial charge on any atom is 0.162 e. The summed E-state index contributed by atoms with van der Waals surface area (Å²) in [6, 6.07) is 11.5. The fourth-order valence-corrected chi connectivity index (χ4v) is 3.45. The summed E-state index contributed by atoms with van der Waals surface area (Å²) in [7, 11) is 0. The molecule has 3 aromatic rings. The van der Waals surface area contributed by atoms with Gasteiger partial charge in [-0.3, -0.25) is 14.5 Å². The zero-order valence-electron chi connectivity index (χ0n) is 14.1. The lowest BCUT2D eigenvalue weighted by Crippen LogP contribution is -2.09. The van der Waals surface area contributed by atoms with Crippen LogP contribution in [0.4, 0.5) is 0 Å². The number of rotatable bonds is 4. The number of hydrogen-bond donors (Lipinski definition) is 0. The molecule has 0 aliphatic carbocycles. The van der Waals surface area contributed by atoms with Crippen LogP contribution < -0.4 is 0 Å². The third-order valence-electron chi connectivity index (χ3n) is 4.31. The summed E-state index contributed by atoms with van der Waals surface area (Å²) in [4.78, 5) is 21.0. The Morgan fingerprint density at radius 2 is 2.15 bits per heavy atom. The second-order valence-electron chi connectivity index (χ2n) is 6.17. The first-order valence-electron chi connectivity index (χ1n) is 8.32. The number of carbonyl (C=O) groups excluding carboxylic acids is 1. The van der Waals surface area contributed by atoms with Crippen LogP contribution in [0.5, 0.6) is 0 Å². The number of benzene rings is 1. The second-order valence-corrected chi connectivity index (χ2v) is 7.09. The number of fused-ring (bicyclic) bond motifs is 3. The molecule has 6 nitrogen and oxygen atoms in total. The van der Waals surface area contributed by atoms with Crippen molar-refractivity contribution in [3.63, 3.8) is 0 Å². The van der Waals surface area contributed by atoms with Gasteiger partial charge in [0.15, 0.2) is 5.82 Å². The van der Waals surface area contributed by atoms with E-state index in [1.807, 2.05) is 41.0 Å². The van der Waals surface area contributed by atoms with Crippen LogP contribution in [0.2, 0.25) is 0 Å². The Kier molecular flexibility index (Phi) is 4.46. The molecule has 0 bridgehead atoms. The van der Waals surface area contributed by atoms with Crippen molar-refractivity contribution in [3.8, 4) is 5.69 Å². The van der Waals surface area contributed by atoms with Crippen LogP contribution >= 0.6 is 15.9 Å². The van der Waals surface area contributed by atoms with Crippen molar-refractivity contribution in [2.24, 2.45) is 4.99 Å². The summed E-state index contributed by atoms with van der Waals surface area (Å²) >= 11 is 3.55. The van der Waals surface area contributed by atoms with Gasteiger partial charge in [0.05, 0.1) is 17.1 Å². The number of aromatic nitrogens is 4. The molecule has 7 heteroatoms. The summed E-state index contributed by atoms with van der Waals surface area (Å²) in [6.45, 7) is 1.59. The number of Topliss-reactive ketones (excluding diaryl/α,β-unsaturated/α-hetero) is 1. The van der Waals surface area contributed by atoms with Crippen LogP contribution in [-0.2, 0) is 4.79 Å². The van der Waals surface area contributed by atoms with E-state index >= 15 is 0 Å². The molecule has 1 aliphatic heterocycles. The fraction of sp³-hybridized carbons (Fsp3) is 0.211. The highest BCUT2D eigenvalue weighted by atomic mass is 79.9. The molecular formula is C19H16BrN5O. The van der Waals surface area contributed by atoms with E-state index < -0.39 is 0 Å². The van der Waals surface area contributed by atoms with E-state index in [9.17, 15) is 4.79 Å². The topological polar surface area (TPSA) is 73.0 Å². The molecule has 1 atom stereocenters. The summed E-state index contributed by atoms with van der Waals surface area (Å²) < 4.78 is 2.91. The standard InChI is InChI=1S/C19H16BrN5O/c1-12(26)5-7-16-19-24-22-11-25(19)17-8-6-13(20)10-14(17)18(23-16)15-4-2-3-9-21-15/h2-4,6,8-11,16H,5,7H2,1H3/t16-/m0/s1. The highest BCUT2D eigenvalue weighted by molar-refractivity contribution is 9.10. The molecule has 26 heavy (non-hydrogen) atoms. The minimum atomic E-state index is -0.260. The third kappa shape index (κ3) is 3.10. The van der Waals surface area contributed by atoms with Gasteiger partial charge in [-0.2, -0.15) is 0 Å². The molecule has 1 aliphatic rings. The lowest BCUT2D eigenvalue weighted by Gasteiger charge is -2.11. The Labute approximate surface area is 159 Å². The van der Waals surface area contributed by atoms with Crippen LogP contribution in [0.3, 0.4) is 0 Å². The molecule has 0 unspecified atom stereocenters. The molecule has 2 aromatic heterocycles. The van der Waals surface area contributed by atoms with Crippen molar-refractivity contribution < 1.29 is 4.79 Å². The molecule has 0 fully saturated rings. The molecule has 1 aromatic carbocycles. The smallest absolute Gasteiger partial charge is 0.162 e. The quantitative estimate of drug-likeness (QED) is 0.658. The maximum absolute atomic E-state index is 11.5. The number of pyridine rings is 1. The van der Waals surface area contributed by atoms with Gasteiger partial charge < -0.3 is 4.79 Å². The fourth-order valence-electron chi connectivity index (χ4n) is 3.09. The molecule has 0 saturated carbocycles. The van der Waals surface area contributed by atoms with Gasteiger partial charge in [0.25, 0.3) is 0 Å². The first kappa shape index (κ1) is 16.8. The van der Waals surface area contributed by atoms with Gasteiger partial charge in [0.1, 0.15) is 18.2 Å². The van der Waals surface area contributed by atoms with Crippen molar-refractivity contribution in [2.75, 3.05) is 0 Å². The van der Waals surface area contributed by atoms with Gasteiger partial charge in [0, 0.05) is 22.7 Å². The van der Waals surface area contributed by atoms with Crippen LogP contribution in [0.25, 0.3) is 5.69 Å². The van der Waals surface area contributed by atoms with E-state index in [4.69, 9.17) is 4.99 Å². The van der Waals surface area contributed by atoms with E-state index in [0.717, 1.165) is 33.0 Å². The highest BCUT2D eigenvalue weighted by Gasteiger charge is 2.27. The van der Waals surface area contributed by atoms with Crippen LogP contribution in [0.15, 0.2) is 58.4 Å². The average Bonchev–Trinajstić information content (AvgIpc) is 3.07. The SMILES string of the molecule is CC(=O)CC[C@@H]1N=C(c2ccccn2)c2cc(Br)ccc2-n2cnnc21. The Bertz CT molecular complexity index is 996. The van der Waals surface area contributed by atoms with Gasteiger partial charge in [-0.05, 0) is 43.7 Å². The molecular weight excluding hydrogens is 394 g/mol. The first-order chi connectivity index (χ1) is 12.6. The lowest BCUT2D eigenvalue weighted by molar-refractivity contribution is -0.117. The largest absolute Gasteiger partial charge is 0.300 e. The van der Waals surface area contributed by atoms with E-state index in [0.29, 0.717) is 12.8 Å².